The van der Waals surface area contributed by atoms with Gasteiger partial charge in [-0.3, -0.25) is 4.79 Å². The molecule has 0 bridgehead atoms. The molecule has 0 aromatic carbocycles. The topological polar surface area (TPSA) is 35.5 Å². The molecular formula is C8H16O3. The molecule has 3 heteroatoms. The lowest BCUT2D eigenvalue weighted by molar-refractivity contribution is -0.149. The van der Waals surface area contributed by atoms with Crippen LogP contribution in [-0.4, -0.2) is 25.8 Å². The van der Waals surface area contributed by atoms with Gasteiger partial charge in [0.2, 0.25) is 0 Å². The maximum atomic E-state index is 10.5. The van der Waals surface area contributed by atoms with Crippen molar-refractivity contribution in [1.82, 2.24) is 0 Å². The Morgan fingerprint density at radius 3 is 2.55 bits per heavy atom. The summed E-state index contributed by atoms with van der Waals surface area (Å²) in [7, 11) is 1.60. The molecule has 1 atom stereocenters. The van der Waals surface area contributed by atoms with Gasteiger partial charge in [-0.15, -0.1) is 0 Å². The van der Waals surface area contributed by atoms with Gasteiger partial charge in [0.05, 0.1) is 6.61 Å². The number of hydrogen-bond donors (Lipinski definition) is 0. The van der Waals surface area contributed by atoms with Gasteiger partial charge < -0.3 is 9.47 Å². The van der Waals surface area contributed by atoms with E-state index in [-0.39, 0.29) is 12.1 Å². The SMILES string of the molecule is CCCC(COC)OC(C)=O. The summed E-state index contributed by atoms with van der Waals surface area (Å²) >= 11 is 0. The van der Waals surface area contributed by atoms with Crippen LogP contribution in [-0.2, 0) is 14.3 Å². The van der Waals surface area contributed by atoms with Crippen LogP contribution in [0.3, 0.4) is 0 Å². The summed E-state index contributed by atoms with van der Waals surface area (Å²) in [5.74, 6) is -0.236. The van der Waals surface area contributed by atoms with Crippen LogP contribution in [0.1, 0.15) is 26.7 Å². The normalized spacial score (nSPS) is 12.6. The maximum Gasteiger partial charge on any atom is 0.302 e. The van der Waals surface area contributed by atoms with Crippen molar-refractivity contribution >= 4 is 5.97 Å². The molecule has 0 aliphatic carbocycles. The third-order valence-electron chi connectivity index (χ3n) is 1.30. The molecule has 0 amide bonds. The second kappa shape index (κ2) is 6.16. The van der Waals surface area contributed by atoms with Crippen molar-refractivity contribution in [2.75, 3.05) is 13.7 Å². The van der Waals surface area contributed by atoms with Crippen molar-refractivity contribution in [3.05, 3.63) is 0 Å². The van der Waals surface area contributed by atoms with Gasteiger partial charge in [0, 0.05) is 14.0 Å². The Balaban J connectivity index is 3.59. The molecule has 66 valence electrons. The van der Waals surface area contributed by atoms with Crippen molar-refractivity contribution < 1.29 is 14.3 Å². The average molecular weight is 160 g/mol. The standard InChI is InChI=1S/C8H16O3/c1-4-5-8(6-10-3)11-7(2)9/h8H,4-6H2,1-3H3. The molecule has 0 aliphatic heterocycles. The predicted octanol–water partition coefficient (Wildman–Crippen LogP) is 1.36. The maximum absolute atomic E-state index is 10.5. The Morgan fingerprint density at radius 2 is 2.18 bits per heavy atom. The molecule has 3 nitrogen and oxygen atoms in total. The first-order chi connectivity index (χ1) is 5.20. The third-order valence-corrected chi connectivity index (χ3v) is 1.30. The van der Waals surface area contributed by atoms with Gasteiger partial charge in [0.15, 0.2) is 0 Å². The second-order valence-electron chi connectivity index (χ2n) is 2.48. The molecule has 0 fully saturated rings. The van der Waals surface area contributed by atoms with Crippen molar-refractivity contribution in [3.63, 3.8) is 0 Å². The Hall–Kier alpha value is -0.570. The Bertz CT molecular complexity index is 106. The van der Waals surface area contributed by atoms with Crippen LogP contribution < -0.4 is 0 Å². The highest BCUT2D eigenvalue weighted by molar-refractivity contribution is 5.66. The molecule has 0 spiro atoms. The summed E-state index contributed by atoms with van der Waals surface area (Å²) in [4.78, 5) is 10.5. The van der Waals surface area contributed by atoms with Crippen LogP contribution in [0, 0.1) is 0 Å². The summed E-state index contributed by atoms with van der Waals surface area (Å²) in [5, 5.41) is 0. The number of ether oxygens (including phenoxy) is 2. The van der Waals surface area contributed by atoms with Crippen molar-refractivity contribution in [2.45, 2.75) is 32.8 Å². The van der Waals surface area contributed by atoms with Gasteiger partial charge in [-0.2, -0.15) is 0 Å². The monoisotopic (exact) mass is 160 g/mol. The molecule has 1 unspecified atom stereocenters. The molecule has 0 saturated carbocycles. The fourth-order valence-electron chi connectivity index (χ4n) is 0.919. The first kappa shape index (κ1) is 10.4. The minimum Gasteiger partial charge on any atom is -0.460 e. The van der Waals surface area contributed by atoms with E-state index >= 15 is 0 Å². The fraction of sp³-hybridized carbons (Fsp3) is 0.875. The summed E-state index contributed by atoms with van der Waals surface area (Å²) in [6.45, 7) is 3.96. The molecule has 0 saturated heterocycles. The highest BCUT2D eigenvalue weighted by atomic mass is 16.6. The molecule has 11 heavy (non-hydrogen) atoms. The van der Waals surface area contributed by atoms with Crippen LogP contribution in [0.2, 0.25) is 0 Å². The minimum absolute atomic E-state index is 0.0671. The molecule has 0 aliphatic rings. The van der Waals surface area contributed by atoms with Crippen molar-refractivity contribution in [2.24, 2.45) is 0 Å². The van der Waals surface area contributed by atoms with E-state index in [2.05, 4.69) is 0 Å². The Labute approximate surface area is 67.7 Å². The van der Waals surface area contributed by atoms with Crippen molar-refractivity contribution in [1.29, 1.82) is 0 Å². The van der Waals surface area contributed by atoms with E-state index in [4.69, 9.17) is 9.47 Å². The van der Waals surface area contributed by atoms with Crippen LogP contribution in [0.25, 0.3) is 0 Å². The lowest BCUT2D eigenvalue weighted by Gasteiger charge is -2.14. The van der Waals surface area contributed by atoms with Gasteiger partial charge in [-0.25, -0.2) is 0 Å². The predicted molar refractivity (Wildman–Crippen MR) is 42.3 cm³/mol. The van der Waals surface area contributed by atoms with Gasteiger partial charge in [-0.05, 0) is 6.42 Å². The molecule has 0 aromatic rings. The number of esters is 1. The number of hydrogen-bond acceptors (Lipinski definition) is 3. The van der Waals surface area contributed by atoms with Gasteiger partial charge in [0.1, 0.15) is 6.10 Å². The van der Waals surface area contributed by atoms with E-state index in [1.165, 1.54) is 6.92 Å². The summed E-state index contributed by atoms with van der Waals surface area (Å²) in [5.41, 5.74) is 0. The average Bonchev–Trinajstić information content (AvgIpc) is 1.87. The van der Waals surface area contributed by atoms with E-state index in [0.717, 1.165) is 12.8 Å². The largest absolute Gasteiger partial charge is 0.460 e. The number of carbonyl (C=O) groups excluding carboxylic acids is 1. The van der Waals surface area contributed by atoms with Crippen LogP contribution >= 0.6 is 0 Å². The smallest absolute Gasteiger partial charge is 0.302 e. The highest BCUT2D eigenvalue weighted by Gasteiger charge is 2.09. The molecule has 0 rings (SSSR count). The lowest BCUT2D eigenvalue weighted by Crippen LogP contribution is -2.21. The molecular weight excluding hydrogens is 144 g/mol. The Morgan fingerprint density at radius 1 is 1.55 bits per heavy atom. The highest BCUT2D eigenvalue weighted by Crippen LogP contribution is 2.02. The van der Waals surface area contributed by atoms with E-state index in [0.29, 0.717) is 6.61 Å². The zero-order chi connectivity index (χ0) is 8.69. The first-order valence-electron chi connectivity index (χ1n) is 3.86. The summed E-state index contributed by atoms with van der Waals surface area (Å²) in [6.07, 6.45) is 1.80. The van der Waals surface area contributed by atoms with E-state index in [1.807, 2.05) is 6.92 Å². The van der Waals surface area contributed by atoms with E-state index in [1.54, 1.807) is 7.11 Å². The van der Waals surface area contributed by atoms with Crippen LogP contribution in [0.15, 0.2) is 0 Å². The third kappa shape index (κ3) is 5.85. The number of rotatable bonds is 5. The van der Waals surface area contributed by atoms with Crippen molar-refractivity contribution in [3.8, 4) is 0 Å². The minimum atomic E-state index is -0.236. The van der Waals surface area contributed by atoms with Gasteiger partial charge in [-0.1, -0.05) is 13.3 Å². The first-order valence-corrected chi connectivity index (χ1v) is 3.86. The van der Waals surface area contributed by atoms with E-state index < -0.39 is 0 Å². The fourth-order valence-corrected chi connectivity index (χ4v) is 0.919. The van der Waals surface area contributed by atoms with Crippen LogP contribution in [0.4, 0.5) is 0 Å². The number of carbonyl (C=O) groups is 1. The van der Waals surface area contributed by atoms with Crippen LogP contribution in [0.5, 0.6) is 0 Å². The summed E-state index contributed by atoms with van der Waals surface area (Å²) in [6, 6.07) is 0. The van der Waals surface area contributed by atoms with E-state index in [9.17, 15) is 4.79 Å². The molecule has 0 radical (unpaired) electrons. The molecule has 0 heterocycles. The summed E-state index contributed by atoms with van der Waals surface area (Å²) < 4.78 is 9.85. The lowest BCUT2D eigenvalue weighted by atomic mass is 10.2. The van der Waals surface area contributed by atoms with Gasteiger partial charge in [0.25, 0.3) is 0 Å². The zero-order valence-electron chi connectivity index (χ0n) is 7.42. The molecule has 0 N–H and O–H groups in total. The molecule has 0 aromatic heterocycles. The quantitative estimate of drug-likeness (QED) is 0.570. The van der Waals surface area contributed by atoms with Gasteiger partial charge >= 0.3 is 5.97 Å². The Kier molecular flexibility index (Phi) is 5.84. The second-order valence-corrected chi connectivity index (χ2v) is 2.48. The number of methoxy groups -OCH3 is 1. The zero-order valence-corrected chi connectivity index (χ0v) is 7.42.